The van der Waals surface area contributed by atoms with E-state index in [0.717, 1.165) is 0 Å². The van der Waals surface area contributed by atoms with E-state index in [0.29, 0.717) is 5.56 Å². The summed E-state index contributed by atoms with van der Waals surface area (Å²) in [6, 6.07) is 5.24. The number of hydrogen-bond acceptors (Lipinski definition) is 1. The van der Waals surface area contributed by atoms with E-state index >= 15 is 0 Å². The van der Waals surface area contributed by atoms with Gasteiger partial charge in [-0.05, 0) is 17.7 Å². The zero-order chi connectivity index (χ0) is 9.90. The highest BCUT2D eigenvalue weighted by atomic mass is 35.5. The maximum Gasteiger partial charge on any atom is 0.573 e. The molecule has 0 aliphatic rings. The lowest BCUT2D eigenvalue weighted by Crippen LogP contribution is -2.16. The Bertz CT molecular complexity index is 268. The van der Waals surface area contributed by atoms with Gasteiger partial charge in [0.1, 0.15) is 5.75 Å². The van der Waals surface area contributed by atoms with Crippen molar-refractivity contribution < 1.29 is 17.9 Å². The first-order valence-corrected chi connectivity index (χ1v) is 3.74. The zero-order valence-electron chi connectivity index (χ0n) is 6.31. The first-order valence-electron chi connectivity index (χ1n) is 3.30. The van der Waals surface area contributed by atoms with Gasteiger partial charge in [0.15, 0.2) is 0 Å². The molecule has 1 rings (SSSR count). The van der Waals surface area contributed by atoms with Gasteiger partial charge in [0.25, 0.3) is 0 Å². The van der Waals surface area contributed by atoms with Gasteiger partial charge in [0.05, 0.1) is 5.88 Å². The van der Waals surface area contributed by atoms with Crippen LogP contribution in [0.3, 0.4) is 0 Å². The van der Waals surface area contributed by atoms with Crippen molar-refractivity contribution in [2.24, 2.45) is 0 Å². The average Bonchev–Trinajstić information content (AvgIpc) is 2.03. The number of halogens is 4. The van der Waals surface area contributed by atoms with E-state index in [1.807, 2.05) is 0 Å². The van der Waals surface area contributed by atoms with Crippen molar-refractivity contribution in [3.05, 3.63) is 35.7 Å². The summed E-state index contributed by atoms with van der Waals surface area (Å²) in [6.45, 7) is 0. The molecule has 1 radical (unpaired) electrons. The largest absolute Gasteiger partial charge is 0.573 e. The highest BCUT2D eigenvalue weighted by molar-refractivity contribution is 6.25. The lowest BCUT2D eigenvalue weighted by Gasteiger charge is -2.08. The van der Waals surface area contributed by atoms with E-state index in [-0.39, 0.29) is 5.75 Å². The first-order chi connectivity index (χ1) is 6.01. The second-order valence-electron chi connectivity index (χ2n) is 2.23. The van der Waals surface area contributed by atoms with Crippen molar-refractivity contribution in [3.63, 3.8) is 0 Å². The third-order valence-electron chi connectivity index (χ3n) is 1.24. The Morgan fingerprint density at radius 2 is 1.69 bits per heavy atom. The summed E-state index contributed by atoms with van der Waals surface area (Å²) < 4.78 is 38.6. The predicted octanol–water partition coefficient (Wildman–Crippen LogP) is 3.33. The SMILES string of the molecule is FC(F)(F)Oc1ccc([CH]Cl)cc1. The molecule has 13 heavy (non-hydrogen) atoms. The van der Waals surface area contributed by atoms with E-state index in [1.54, 1.807) is 0 Å². The van der Waals surface area contributed by atoms with Crippen LogP contribution in [0.4, 0.5) is 13.2 Å². The lowest BCUT2D eigenvalue weighted by atomic mass is 10.2. The molecule has 1 nitrogen and oxygen atoms in total. The van der Waals surface area contributed by atoms with Crippen LogP contribution in [-0.2, 0) is 0 Å². The fraction of sp³-hybridized carbons (Fsp3) is 0.125. The Kier molecular flexibility index (Phi) is 3.03. The molecule has 1 aromatic carbocycles. The van der Waals surface area contributed by atoms with E-state index in [1.165, 1.54) is 30.1 Å². The molecule has 0 spiro atoms. The predicted molar refractivity (Wildman–Crippen MR) is 42.4 cm³/mol. The Labute approximate surface area is 78.1 Å². The van der Waals surface area contributed by atoms with Crippen LogP contribution in [-0.4, -0.2) is 6.36 Å². The third kappa shape index (κ3) is 3.55. The number of hydrogen-bond donors (Lipinski definition) is 0. The molecule has 71 valence electrons. The molecule has 0 unspecified atom stereocenters. The van der Waals surface area contributed by atoms with Gasteiger partial charge in [-0.2, -0.15) is 0 Å². The van der Waals surface area contributed by atoms with Crippen LogP contribution in [0.1, 0.15) is 5.56 Å². The van der Waals surface area contributed by atoms with E-state index < -0.39 is 6.36 Å². The molecule has 0 bridgehead atoms. The molecule has 0 amide bonds. The van der Waals surface area contributed by atoms with Crippen LogP contribution in [0.5, 0.6) is 5.75 Å². The van der Waals surface area contributed by atoms with Gasteiger partial charge in [-0.15, -0.1) is 24.8 Å². The minimum atomic E-state index is -4.65. The summed E-state index contributed by atoms with van der Waals surface area (Å²) in [5.41, 5.74) is 0.621. The van der Waals surface area contributed by atoms with Crippen LogP contribution in [0.2, 0.25) is 0 Å². The van der Waals surface area contributed by atoms with Crippen LogP contribution in [0.25, 0.3) is 0 Å². The molecule has 0 aromatic heterocycles. The normalized spacial score (nSPS) is 11.4. The summed E-state index contributed by atoms with van der Waals surface area (Å²) >= 11 is 5.32. The topological polar surface area (TPSA) is 9.23 Å². The molecule has 0 atom stereocenters. The van der Waals surface area contributed by atoms with Gasteiger partial charge in [-0.1, -0.05) is 12.1 Å². The Balaban J connectivity index is 2.70. The van der Waals surface area contributed by atoms with Crippen LogP contribution in [0, 0.1) is 5.88 Å². The molecule has 0 heterocycles. The summed E-state index contributed by atoms with van der Waals surface area (Å²) in [5, 5.41) is 0. The quantitative estimate of drug-likeness (QED) is 0.726. The molecular weight excluding hydrogens is 205 g/mol. The van der Waals surface area contributed by atoms with Crippen LogP contribution in [0.15, 0.2) is 24.3 Å². The molecule has 0 N–H and O–H groups in total. The number of ether oxygens (including phenoxy) is 1. The van der Waals surface area contributed by atoms with Gasteiger partial charge in [0.2, 0.25) is 0 Å². The average molecular weight is 210 g/mol. The molecule has 0 fully saturated rings. The van der Waals surface area contributed by atoms with Gasteiger partial charge in [-0.3, -0.25) is 0 Å². The van der Waals surface area contributed by atoms with Crippen LogP contribution < -0.4 is 4.74 Å². The standard InChI is InChI=1S/C8H5ClF3O/c9-5-6-1-3-7(4-2-6)13-8(10,11)12/h1-5H. The summed E-state index contributed by atoms with van der Waals surface area (Å²) in [7, 11) is 0. The first kappa shape index (κ1) is 10.2. The Morgan fingerprint density at radius 1 is 1.15 bits per heavy atom. The Hall–Kier alpha value is -0.900. The molecule has 0 aliphatic carbocycles. The maximum absolute atomic E-state index is 11.7. The second-order valence-corrected chi connectivity index (χ2v) is 2.44. The third-order valence-corrected chi connectivity index (χ3v) is 1.49. The van der Waals surface area contributed by atoms with Crippen molar-refractivity contribution in [1.29, 1.82) is 0 Å². The van der Waals surface area contributed by atoms with E-state index in [9.17, 15) is 13.2 Å². The summed E-state index contributed by atoms with van der Waals surface area (Å²) in [4.78, 5) is 0. The molecule has 0 aliphatic heterocycles. The number of rotatable bonds is 2. The van der Waals surface area contributed by atoms with E-state index in [2.05, 4.69) is 4.74 Å². The Morgan fingerprint density at radius 3 is 2.08 bits per heavy atom. The van der Waals surface area contributed by atoms with Gasteiger partial charge >= 0.3 is 6.36 Å². The summed E-state index contributed by atoms with van der Waals surface area (Å²) in [6.07, 6.45) is -4.65. The van der Waals surface area contributed by atoms with Crippen molar-refractivity contribution >= 4 is 11.6 Å². The van der Waals surface area contributed by atoms with E-state index in [4.69, 9.17) is 11.6 Å². The van der Waals surface area contributed by atoms with Crippen molar-refractivity contribution in [3.8, 4) is 5.75 Å². The highest BCUT2D eigenvalue weighted by Gasteiger charge is 2.30. The number of benzene rings is 1. The maximum atomic E-state index is 11.7. The highest BCUT2D eigenvalue weighted by Crippen LogP contribution is 2.23. The molecule has 1 aromatic rings. The van der Waals surface area contributed by atoms with Gasteiger partial charge in [-0.25, -0.2) is 0 Å². The summed E-state index contributed by atoms with van der Waals surface area (Å²) in [5.74, 6) is 1.01. The van der Waals surface area contributed by atoms with Crippen molar-refractivity contribution in [2.45, 2.75) is 6.36 Å². The fourth-order valence-electron chi connectivity index (χ4n) is 0.742. The van der Waals surface area contributed by atoms with Crippen molar-refractivity contribution in [1.82, 2.24) is 0 Å². The minimum absolute atomic E-state index is 0.255. The van der Waals surface area contributed by atoms with Gasteiger partial charge < -0.3 is 4.74 Å². The molecule has 5 heteroatoms. The van der Waals surface area contributed by atoms with Crippen LogP contribution >= 0.6 is 11.6 Å². The number of alkyl halides is 3. The smallest absolute Gasteiger partial charge is 0.406 e. The van der Waals surface area contributed by atoms with Gasteiger partial charge in [0, 0.05) is 0 Å². The monoisotopic (exact) mass is 209 g/mol. The fourth-order valence-corrected chi connectivity index (χ4v) is 0.888. The molecule has 0 saturated heterocycles. The second kappa shape index (κ2) is 3.87. The van der Waals surface area contributed by atoms with Crippen molar-refractivity contribution in [2.75, 3.05) is 0 Å². The minimum Gasteiger partial charge on any atom is -0.406 e. The molecule has 0 saturated carbocycles. The lowest BCUT2D eigenvalue weighted by molar-refractivity contribution is -0.274. The molecular formula is C8H5ClF3O. The zero-order valence-corrected chi connectivity index (χ0v) is 7.06.